The number of aliphatic hydroxyl groups is 1. The zero-order valence-corrected chi connectivity index (χ0v) is 23.8. The summed E-state index contributed by atoms with van der Waals surface area (Å²) in [5.41, 5.74) is -0.246. The van der Waals surface area contributed by atoms with Gasteiger partial charge in [0.25, 0.3) is 11.8 Å². The van der Waals surface area contributed by atoms with Gasteiger partial charge in [0.15, 0.2) is 0 Å². The number of rotatable bonds is 8. The number of amides is 2. The lowest BCUT2D eigenvalue weighted by Crippen LogP contribution is -2.56. The average Bonchev–Trinajstić information content (AvgIpc) is 3.35. The Morgan fingerprint density at radius 3 is 2.56 bits per heavy atom. The summed E-state index contributed by atoms with van der Waals surface area (Å²) in [4.78, 5) is 38.7. The summed E-state index contributed by atoms with van der Waals surface area (Å²) in [6.07, 6.45) is -6.42. The van der Waals surface area contributed by atoms with E-state index in [9.17, 15) is 41.9 Å². The number of carbonyl (C=O) groups is 2. The Morgan fingerprint density at radius 2 is 1.89 bits per heavy atom. The van der Waals surface area contributed by atoms with Crippen LogP contribution in [-0.4, -0.2) is 57.5 Å². The normalized spacial score (nSPS) is 20.1. The number of carbonyl (C=O) groups excluding carboxylic acids is 2. The number of ether oxygens (including phenoxy) is 1. The molecule has 1 saturated heterocycles. The first-order valence-corrected chi connectivity index (χ1v) is 14.0. The molecule has 10 nitrogen and oxygen atoms in total. The van der Waals surface area contributed by atoms with Crippen molar-refractivity contribution < 1.29 is 41.4 Å². The number of benzene rings is 2. The first kappa shape index (κ1) is 31.9. The predicted molar refractivity (Wildman–Crippen MR) is 149 cm³/mol. The summed E-state index contributed by atoms with van der Waals surface area (Å²) in [7, 11) is 0. The number of nitrogens with zero attached hydrogens (tertiary/aromatic N) is 5. The first-order valence-electron chi connectivity index (χ1n) is 13.6. The third-order valence-electron chi connectivity index (χ3n) is 7.34. The molecule has 1 aromatic heterocycles. The van der Waals surface area contributed by atoms with Crippen molar-refractivity contribution in [3.05, 3.63) is 77.1 Å². The fraction of sp³-hybridized carbons (Fsp3) is 0.345. The van der Waals surface area contributed by atoms with Crippen LogP contribution in [0.2, 0.25) is 5.02 Å². The number of halogens is 6. The van der Waals surface area contributed by atoms with Crippen LogP contribution in [0.1, 0.15) is 43.0 Å². The Bertz CT molecular complexity index is 1630. The zero-order chi connectivity index (χ0) is 32.5. The number of aromatic nitrogens is 2. The van der Waals surface area contributed by atoms with Gasteiger partial charge in [-0.25, -0.2) is 18.7 Å². The van der Waals surface area contributed by atoms with Gasteiger partial charge in [-0.15, -0.1) is 13.2 Å². The summed E-state index contributed by atoms with van der Waals surface area (Å²) in [6.45, 7) is 0. The lowest BCUT2D eigenvalue weighted by molar-refractivity contribution is -0.274. The van der Waals surface area contributed by atoms with Gasteiger partial charge in [0.05, 0.1) is 0 Å². The van der Waals surface area contributed by atoms with Crippen LogP contribution in [-0.2, 0) is 9.59 Å². The van der Waals surface area contributed by atoms with Crippen LogP contribution in [0.5, 0.6) is 5.75 Å². The second-order valence-corrected chi connectivity index (χ2v) is 10.9. The third-order valence-corrected chi connectivity index (χ3v) is 7.68. The van der Waals surface area contributed by atoms with E-state index in [0.717, 1.165) is 21.9 Å². The van der Waals surface area contributed by atoms with Crippen molar-refractivity contribution >= 4 is 35.1 Å². The van der Waals surface area contributed by atoms with Crippen molar-refractivity contribution in [3.8, 4) is 11.8 Å². The van der Waals surface area contributed by atoms with Crippen molar-refractivity contribution in [3.63, 3.8) is 0 Å². The monoisotopic (exact) mass is 650 g/mol. The lowest BCUT2D eigenvalue weighted by atomic mass is 9.87. The SMILES string of the molecule is N#Cc1ccnc(N2C(O)CCC2C(=O)N(c2cccc(OC(F)(F)F)c2)C(C(=O)NC2CC(F)(F)C2)c2ccccc2Cl)n1. The largest absolute Gasteiger partial charge is 0.573 e. The van der Waals surface area contributed by atoms with Gasteiger partial charge < -0.3 is 20.1 Å². The number of alkyl halides is 5. The average molecular weight is 651 g/mol. The van der Waals surface area contributed by atoms with Gasteiger partial charge >= 0.3 is 6.36 Å². The molecule has 0 bridgehead atoms. The standard InChI is InChI=1S/C29H24ClF5N6O4/c30-21-7-2-1-6-20(21)24(25(43)38-17-13-28(31,32)14-17)40(18-4-3-5-19(12-18)45-29(33,34)35)26(44)22-8-9-23(42)41(22)27-37-11-10-16(15-36)39-27/h1-7,10-12,17,22-24,42H,8-9,13-14H2,(H,38,43). The zero-order valence-electron chi connectivity index (χ0n) is 23.1. The number of hydrogen-bond acceptors (Lipinski definition) is 8. The summed E-state index contributed by atoms with van der Waals surface area (Å²) in [5.74, 6) is -5.69. The van der Waals surface area contributed by atoms with E-state index in [-0.39, 0.29) is 40.8 Å². The summed E-state index contributed by atoms with van der Waals surface area (Å²) in [6, 6.07) is 9.46. The number of anilines is 2. The Labute approximate surface area is 258 Å². The Kier molecular flexibility index (Phi) is 8.81. The molecule has 5 rings (SSSR count). The molecule has 2 aromatic carbocycles. The third kappa shape index (κ3) is 7.07. The maximum absolute atomic E-state index is 14.6. The molecule has 2 fully saturated rings. The van der Waals surface area contributed by atoms with Gasteiger partial charge in [0.1, 0.15) is 35.8 Å². The maximum Gasteiger partial charge on any atom is 0.573 e. The number of hydrogen-bond donors (Lipinski definition) is 2. The van der Waals surface area contributed by atoms with Gasteiger partial charge in [-0.2, -0.15) is 5.26 Å². The van der Waals surface area contributed by atoms with E-state index in [1.165, 1.54) is 42.6 Å². The van der Waals surface area contributed by atoms with Crippen LogP contribution in [0, 0.1) is 11.3 Å². The summed E-state index contributed by atoms with van der Waals surface area (Å²) in [5, 5.41) is 22.7. The van der Waals surface area contributed by atoms with Gasteiger partial charge in [-0.3, -0.25) is 14.5 Å². The Hall–Kier alpha value is -4.55. The second-order valence-electron chi connectivity index (χ2n) is 10.5. The molecule has 1 aliphatic carbocycles. The number of nitrogens with one attached hydrogen (secondary N) is 1. The quantitative estimate of drug-likeness (QED) is 0.330. The molecular weight excluding hydrogens is 627 g/mol. The predicted octanol–water partition coefficient (Wildman–Crippen LogP) is 4.88. The molecule has 1 saturated carbocycles. The molecule has 2 heterocycles. The summed E-state index contributed by atoms with van der Waals surface area (Å²) >= 11 is 6.48. The van der Waals surface area contributed by atoms with Crippen LogP contribution in [0.4, 0.5) is 33.6 Å². The lowest BCUT2D eigenvalue weighted by Gasteiger charge is -2.39. The molecule has 1 aliphatic heterocycles. The highest BCUT2D eigenvalue weighted by Gasteiger charge is 2.49. The topological polar surface area (TPSA) is 132 Å². The molecule has 3 atom stereocenters. The van der Waals surface area contributed by atoms with Crippen LogP contribution in [0.15, 0.2) is 60.8 Å². The van der Waals surface area contributed by atoms with Crippen LogP contribution in [0.25, 0.3) is 0 Å². The highest BCUT2D eigenvalue weighted by atomic mass is 35.5. The van der Waals surface area contributed by atoms with E-state index >= 15 is 0 Å². The summed E-state index contributed by atoms with van der Waals surface area (Å²) < 4.78 is 70.9. The van der Waals surface area contributed by atoms with Crippen molar-refractivity contribution in [1.82, 2.24) is 15.3 Å². The highest BCUT2D eigenvalue weighted by Crippen LogP contribution is 2.40. The molecule has 2 amide bonds. The van der Waals surface area contributed by atoms with Crippen LogP contribution in [0.3, 0.4) is 0 Å². The molecular formula is C29H24ClF5N6O4. The van der Waals surface area contributed by atoms with Crippen LogP contribution >= 0.6 is 11.6 Å². The molecule has 0 radical (unpaired) electrons. The molecule has 45 heavy (non-hydrogen) atoms. The van der Waals surface area contributed by atoms with Gasteiger partial charge in [0.2, 0.25) is 11.9 Å². The fourth-order valence-corrected chi connectivity index (χ4v) is 5.61. The van der Waals surface area contributed by atoms with Gasteiger partial charge in [-0.1, -0.05) is 35.9 Å². The van der Waals surface area contributed by atoms with E-state index in [4.69, 9.17) is 11.6 Å². The number of nitriles is 1. The first-order chi connectivity index (χ1) is 21.3. The minimum Gasteiger partial charge on any atom is -0.406 e. The molecule has 236 valence electrons. The van der Waals surface area contributed by atoms with Crippen molar-refractivity contribution in [2.24, 2.45) is 0 Å². The molecule has 2 aliphatic rings. The van der Waals surface area contributed by atoms with Gasteiger partial charge in [-0.05, 0) is 37.1 Å². The highest BCUT2D eigenvalue weighted by molar-refractivity contribution is 6.31. The van der Waals surface area contributed by atoms with Crippen molar-refractivity contribution in [2.45, 2.75) is 62.3 Å². The smallest absolute Gasteiger partial charge is 0.406 e. The molecule has 16 heteroatoms. The second kappa shape index (κ2) is 12.4. The molecule has 2 N–H and O–H groups in total. The fourth-order valence-electron chi connectivity index (χ4n) is 5.38. The number of aliphatic hydroxyl groups excluding tert-OH is 1. The Morgan fingerprint density at radius 1 is 1.16 bits per heavy atom. The van der Waals surface area contributed by atoms with E-state index in [1.807, 2.05) is 6.07 Å². The minimum atomic E-state index is -5.09. The maximum atomic E-state index is 14.6. The van der Waals surface area contributed by atoms with Crippen molar-refractivity contribution in [1.29, 1.82) is 5.26 Å². The minimum absolute atomic E-state index is 0.00505. The van der Waals surface area contributed by atoms with E-state index in [2.05, 4.69) is 20.0 Å². The molecule has 3 aromatic rings. The van der Waals surface area contributed by atoms with E-state index in [0.29, 0.717) is 0 Å². The molecule has 3 unspecified atom stereocenters. The van der Waals surface area contributed by atoms with Gasteiger partial charge in [0, 0.05) is 47.4 Å². The van der Waals surface area contributed by atoms with Crippen molar-refractivity contribution in [2.75, 3.05) is 9.80 Å². The van der Waals surface area contributed by atoms with Crippen LogP contribution < -0.4 is 19.9 Å². The molecule has 0 spiro atoms. The van der Waals surface area contributed by atoms with E-state index in [1.54, 1.807) is 6.07 Å². The Balaban J connectivity index is 1.63. The van der Waals surface area contributed by atoms with E-state index < -0.39 is 67.0 Å².